The molecule has 0 amide bonds. The van der Waals surface area contributed by atoms with E-state index in [-0.39, 0.29) is 0 Å². The highest BCUT2D eigenvalue weighted by molar-refractivity contribution is 9.10. The van der Waals surface area contributed by atoms with E-state index in [2.05, 4.69) is 33.0 Å². The van der Waals surface area contributed by atoms with Crippen LogP contribution in [0, 0.1) is 0 Å². The quantitative estimate of drug-likeness (QED) is 0.835. The minimum Gasteiger partial charge on any atom is -0.326 e. The lowest BCUT2D eigenvalue weighted by Gasteiger charge is -1.87. The summed E-state index contributed by atoms with van der Waals surface area (Å²) in [4.78, 5) is 6.50. The van der Waals surface area contributed by atoms with Gasteiger partial charge in [0.05, 0.1) is 0 Å². The highest BCUT2D eigenvalue weighted by Crippen LogP contribution is 2.25. The molecule has 2 aromatic heterocycles. The van der Waals surface area contributed by atoms with E-state index in [9.17, 15) is 0 Å². The Morgan fingerprint density at radius 1 is 1.50 bits per heavy atom. The summed E-state index contributed by atoms with van der Waals surface area (Å²) in [5.41, 5.74) is 5.52. The summed E-state index contributed by atoms with van der Waals surface area (Å²) in [6.45, 7) is 0.596. The van der Waals surface area contributed by atoms with Crippen molar-refractivity contribution in [3.05, 3.63) is 27.7 Å². The van der Waals surface area contributed by atoms with Crippen LogP contribution < -0.4 is 5.73 Å². The molecule has 0 saturated heterocycles. The molecule has 2 N–H and O–H groups in total. The maximum absolute atomic E-state index is 5.52. The molecule has 0 aliphatic heterocycles. The summed E-state index contributed by atoms with van der Waals surface area (Å²) in [5, 5.41) is 1.16. The van der Waals surface area contributed by atoms with E-state index in [1.807, 2.05) is 0 Å². The van der Waals surface area contributed by atoms with Crippen molar-refractivity contribution in [2.75, 3.05) is 0 Å². The minimum atomic E-state index is 0.596. The molecule has 2 nitrogen and oxygen atoms in total. The number of pyridine rings is 1. The van der Waals surface area contributed by atoms with Gasteiger partial charge < -0.3 is 5.73 Å². The van der Waals surface area contributed by atoms with Crippen molar-refractivity contribution in [3.8, 4) is 0 Å². The number of nitrogens with two attached hydrogens (primary N) is 1. The lowest BCUT2D eigenvalue weighted by molar-refractivity contribution is 1.11. The lowest BCUT2D eigenvalue weighted by Crippen LogP contribution is -1.90. The van der Waals surface area contributed by atoms with Crippen molar-refractivity contribution in [3.63, 3.8) is 0 Å². The van der Waals surface area contributed by atoms with Crippen LogP contribution in [0.2, 0.25) is 0 Å². The van der Waals surface area contributed by atoms with Crippen LogP contribution in [0.4, 0.5) is 0 Å². The second kappa shape index (κ2) is 3.12. The zero-order valence-electron chi connectivity index (χ0n) is 6.25. The average Bonchev–Trinajstić information content (AvgIpc) is 2.46. The van der Waals surface area contributed by atoms with Gasteiger partial charge >= 0.3 is 0 Å². The summed E-state index contributed by atoms with van der Waals surface area (Å²) in [6, 6.07) is 4.13. The molecule has 12 heavy (non-hydrogen) atoms. The number of rotatable bonds is 1. The fraction of sp³-hybridized carbons (Fsp3) is 0.125. The zero-order chi connectivity index (χ0) is 8.55. The monoisotopic (exact) mass is 242 g/mol. The number of hydrogen-bond donors (Lipinski definition) is 1. The predicted octanol–water partition coefficient (Wildman–Crippen LogP) is 2.52. The van der Waals surface area contributed by atoms with E-state index in [0.717, 1.165) is 14.7 Å². The molecular formula is C8H7BrN2S. The van der Waals surface area contributed by atoms with Gasteiger partial charge in [0.1, 0.15) is 4.83 Å². The first-order valence-electron chi connectivity index (χ1n) is 3.53. The van der Waals surface area contributed by atoms with Gasteiger partial charge in [-0.2, -0.15) is 0 Å². The van der Waals surface area contributed by atoms with Gasteiger partial charge in [0.15, 0.2) is 0 Å². The lowest BCUT2D eigenvalue weighted by atomic mass is 10.3. The molecule has 62 valence electrons. The van der Waals surface area contributed by atoms with Crippen molar-refractivity contribution in [1.82, 2.24) is 4.98 Å². The number of hydrogen-bond acceptors (Lipinski definition) is 3. The SMILES string of the molecule is NCc1cc2cc(Br)cnc2s1. The first kappa shape index (κ1) is 8.16. The van der Waals surface area contributed by atoms with E-state index in [1.165, 1.54) is 4.88 Å². The third kappa shape index (κ3) is 1.37. The predicted molar refractivity (Wildman–Crippen MR) is 55.2 cm³/mol. The second-order valence-corrected chi connectivity index (χ2v) is 4.50. The molecule has 4 heteroatoms. The van der Waals surface area contributed by atoms with E-state index >= 15 is 0 Å². The van der Waals surface area contributed by atoms with Crippen molar-refractivity contribution < 1.29 is 0 Å². The molecule has 0 saturated carbocycles. The van der Waals surface area contributed by atoms with Gasteiger partial charge in [-0.05, 0) is 28.1 Å². The molecule has 0 aliphatic rings. The molecular weight excluding hydrogens is 236 g/mol. The Kier molecular flexibility index (Phi) is 2.12. The molecule has 0 bridgehead atoms. The van der Waals surface area contributed by atoms with Crippen molar-refractivity contribution >= 4 is 37.5 Å². The summed E-state index contributed by atoms with van der Waals surface area (Å²) in [7, 11) is 0. The van der Waals surface area contributed by atoms with Crippen LogP contribution in [-0.4, -0.2) is 4.98 Å². The number of aromatic nitrogens is 1. The van der Waals surface area contributed by atoms with E-state index < -0.39 is 0 Å². The minimum absolute atomic E-state index is 0.596. The van der Waals surface area contributed by atoms with Crippen molar-refractivity contribution in [2.24, 2.45) is 5.73 Å². The van der Waals surface area contributed by atoms with Gasteiger partial charge in [0.25, 0.3) is 0 Å². The largest absolute Gasteiger partial charge is 0.326 e. The Balaban J connectivity index is 2.67. The molecule has 0 aliphatic carbocycles. The molecule has 0 spiro atoms. The summed E-state index contributed by atoms with van der Waals surface area (Å²) < 4.78 is 1.01. The Bertz CT molecular complexity index is 410. The number of nitrogens with zero attached hydrogens (tertiary/aromatic N) is 1. The van der Waals surface area contributed by atoms with Gasteiger partial charge in [0, 0.05) is 27.5 Å². The third-order valence-corrected chi connectivity index (χ3v) is 3.11. The van der Waals surface area contributed by atoms with Crippen LogP contribution in [0.3, 0.4) is 0 Å². The Labute approximate surface area is 82.5 Å². The molecule has 0 unspecified atom stereocenters. The van der Waals surface area contributed by atoms with Crippen LogP contribution in [0.25, 0.3) is 10.2 Å². The van der Waals surface area contributed by atoms with Gasteiger partial charge in [-0.15, -0.1) is 11.3 Å². The number of thiophene rings is 1. The molecule has 2 heterocycles. The molecule has 0 atom stereocenters. The number of fused-ring (bicyclic) bond motifs is 1. The molecule has 0 radical (unpaired) electrons. The van der Waals surface area contributed by atoms with E-state index in [0.29, 0.717) is 6.54 Å². The molecule has 2 rings (SSSR count). The topological polar surface area (TPSA) is 38.9 Å². The van der Waals surface area contributed by atoms with Gasteiger partial charge in [-0.1, -0.05) is 0 Å². The van der Waals surface area contributed by atoms with Crippen LogP contribution >= 0.6 is 27.3 Å². The van der Waals surface area contributed by atoms with Gasteiger partial charge in [-0.25, -0.2) is 4.98 Å². The zero-order valence-corrected chi connectivity index (χ0v) is 8.65. The smallest absolute Gasteiger partial charge is 0.123 e. The Morgan fingerprint density at radius 3 is 3.08 bits per heavy atom. The maximum atomic E-state index is 5.52. The van der Waals surface area contributed by atoms with E-state index in [4.69, 9.17) is 5.73 Å². The summed E-state index contributed by atoms with van der Waals surface area (Å²) in [5.74, 6) is 0. The normalized spacial score (nSPS) is 10.8. The van der Waals surface area contributed by atoms with Crippen LogP contribution in [0.5, 0.6) is 0 Å². The van der Waals surface area contributed by atoms with Gasteiger partial charge in [0.2, 0.25) is 0 Å². The first-order valence-corrected chi connectivity index (χ1v) is 5.14. The van der Waals surface area contributed by atoms with Crippen LogP contribution in [0.1, 0.15) is 4.88 Å². The Hall–Kier alpha value is -0.450. The first-order chi connectivity index (χ1) is 5.79. The summed E-state index contributed by atoms with van der Waals surface area (Å²) in [6.07, 6.45) is 1.80. The maximum Gasteiger partial charge on any atom is 0.123 e. The molecule has 2 aromatic rings. The highest BCUT2D eigenvalue weighted by Gasteiger charge is 2.01. The molecule has 0 aromatic carbocycles. The standard InChI is InChI=1S/C8H7BrN2S/c9-6-1-5-2-7(3-10)12-8(5)11-4-6/h1-2,4H,3,10H2. The fourth-order valence-electron chi connectivity index (χ4n) is 1.06. The Morgan fingerprint density at radius 2 is 2.33 bits per heavy atom. The van der Waals surface area contributed by atoms with E-state index in [1.54, 1.807) is 17.5 Å². The second-order valence-electron chi connectivity index (χ2n) is 2.46. The summed E-state index contributed by atoms with van der Waals surface area (Å²) >= 11 is 5.02. The van der Waals surface area contributed by atoms with Crippen LogP contribution in [0.15, 0.2) is 22.8 Å². The third-order valence-electron chi connectivity index (χ3n) is 1.59. The molecule has 0 fully saturated rings. The van der Waals surface area contributed by atoms with Gasteiger partial charge in [-0.3, -0.25) is 0 Å². The van der Waals surface area contributed by atoms with Crippen molar-refractivity contribution in [1.29, 1.82) is 0 Å². The highest BCUT2D eigenvalue weighted by atomic mass is 79.9. The van der Waals surface area contributed by atoms with Crippen molar-refractivity contribution in [2.45, 2.75) is 6.54 Å². The van der Waals surface area contributed by atoms with Crippen LogP contribution in [-0.2, 0) is 6.54 Å². The fourth-order valence-corrected chi connectivity index (χ4v) is 2.27. The number of halogens is 1. The average molecular weight is 243 g/mol.